The van der Waals surface area contributed by atoms with Crippen LogP contribution in [0.2, 0.25) is 0 Å². The normalized spacial score (nSPS) is 30.6. The zero-order valence-electron chi connectivity index (χ0n) is 11.1. The minimum atomic E-state index is 0. The van der Waals surface area contributed by atoms with Crippen LogP contribution in [0, 0.1) is 11.8 Å². The SMILES string of the molecule is CC(NC(=O)C1CCCC1N)C1CCOCC1.Cl. The van der Waals surface area contributed by atoms with Crippen LogP contribution in [-0.2, 0) is 9.53 Å². The fourth-order valence-electron chi connectivity index (χ4n) is 2.98. The van der Waals surface area contributed by atoms with Crippen molar-refractivity contribution in [2.45, 2.75) is 51.1 Å². The molecule has 0 aromatic heterocycles. The van der Waals surface area contributed by atoms with E-state index in [1.807, 2.05) is 0 Å². The quantitative estimate of drug-likeness (QED) is 0.820. The molecular formula is C13H25ClN2O2. The van der Waals surface area contributed by atoms with Crippen LogP contribution in [-0.4, -0.2) is 31.2 Å². The number of carbonyl (C=O) groups excluding carboxylic acids is 1. The van der Waals surface area contributed by atoms with E-state index >= 15 is 0 Å². The van der Waals surface area contributed by atoms with E-state index < -0.39 is 0 Å². The van der Waals surface area contributed by atoms with Gasteiger partial charge in [0.05, 0.1) is 5.92 Å². The van der Waals surface area contributed by atoms with E-state index in [4.69, 9.17) is 10.5 Å². The first-order chi connectivity index (χ1) is 8.18. The molecular weight excluding hydrogens is 252 g/mol. The van der Waals surface area contributed by atoms with Gasteiger partial charge in [0.25, 0.3) is 0 Å². The highest BCUT2D eigenvalue weighted by molar-refractivity contribution is 5.85. The molecule has 3 atom stereocenters. The fraction of sp³-hybridized carbons (Fsp3) is 0.923. The van der Waals surface area contributed by atoms with Crippen LogP contribution in [0.1, 0.15) is 39.0 Å². The van der Waals surface area contributed by atoms with Crippen LogP contribution >= 0.6 is 12.4 Å². The van der Waals surface area contributed by atoms with Crippen molar-refractivity contribution in [3.8, 4) is 0 Å². The number of nitrogens with two attached hydrogens (primary N) is 1. The predicted octanol–water partition coefficient (Wildman–Crippen LogP) is 1.47. The standard InChI is InChI=1S/C13H24N2O2.ClH/c1-9(10-5-7-17-8-6-10)15-13(16)11-3-2-4-12(11)14;/h9-12H,2-8,14H2,1H3,(H,15,16);1H. The average molecular weight is 277 g/mol. The van der Waals surface area contributed by atoms with Crippen molar-refractivity contribution < 1.29 is 9.53 Å². The maximum atomic E-state index is 12.1. The zero-order chi connectivity index (χ0) is 12.3. The number of hydrogen-bond acceptors (Lipinski definition) is 3. The summed E-state index contributed by atoms with van der Waals surface area (Å²) in [5.74, 6) is 0.761. The van der Waals surface area contributed by atoms with E-state index in [9.17, 15) is 4.79 Å². The van der Waals surface area contributed by atoms with Gasteiger partial charge < -0.3 is 15.8 Å². The molecule has 1 saturated carbocycles. The lowest BCUT2D eigenvalue weighted by Crippen LogP contribution is -2.45. The summed E-state index contributed by atoms with van der Waals surface area (Å²) in [7, 11) is 0. The number of halogens is 1. The molecule has 0 aromatic rings. The van der Waals surface area contributed by atoms with Gasteiger partial charge in [-0.1, -0.05) is 6.42 Å². The molecule has 2 rings (SSSR count). The number of amides is 1. The summed E-state index contributed by atoms with van der Waals surface area (Å²) in [5, 5.41) is 3.15. The van der Waals surface area contributed by atoms with E-state index in [1.54, 1.807) is 0 Å². The number of rotatable bonds is 3. The van der Waals surface area contributed by atoms with E-state index in [0.29, 0.717) is 5.92 Å². The van der Waals surface area contributed by atoms with Crippen molar-refractivity contribution in [3.05, 3.63) is 0 Å². The smallest absolute Gasteiger partial charge is 0.224 e. The van der Waals surface area contributed by atoms with Crippen LogP contribution in [0.5, 0.6) is 0 Å². The maximum absolute atomic E-state index is 12.1. The molecule has 1 aliphatic carbocycles. The van der Waals surface area contributed by atoms with E-state index in [2.05, 4.69) is 12.2 Å². The molecule has 1 amide bonds. The lowest BCUT2D eigenvalue weighted by atomic mass is 9.92. The number of hydrogen-bond donors (Lipinski definition) is 2. The first-order valence-corrected chi connectivity index (χ1v) is 6.82. The van der Waals surface area contributed by atoms with Gasteiger partial charge in [-0.15, -0.1) is 12.4 Å². The lowest BCUT2D eigenvalue weighted by Gasteiger charge is -2.29. The highest BCUT2D eigenvalue weighted by Crippen LogP contribution is 2.25. The minimum absolute atomic E-state index is 0. The van der Waals surface area contributed by atoms with Gasteiger partial charge >= 0.3 is 0 Å². The average Bonchev–Trinajstić information content (AvgIpc) is 2.76. The van der Waals surface area contributed by atoms with Crippen molar-refractivity contribution in [3.63, 3.8) is 0 Å². The summed E-state index contributed by atoms with van der Waals surface area (Å²) in [6.45, 7) is 3.76. The second kappa shape index (κ2) is 7.31. The van der Waals surface area contributed by atoms with Crippen molar-refractivity contribution in [2.24, 2.45) is 17.6 Å². The fourth-order valence-corrected chi connectivity index (χ4v) is 2.98. The summed E-state index contributed by atoms with van der Waals surface area (Å²) in [6, 6.07) is 0.316. The molecule has 4 nitrogen and oxygen atoms in total. The summed E-state index contributed by atoms with van der Waals surface area (Å²) in [4.78, 5) is 12.1. The van der Waals surface area contributed by atoms with E-state index in [1.165, 1.54) is 0 Å². The Balaban J connectivity index is 0.00000162. The Labute approximate surface area is 115 Å². The summed E-state index contributed by atoms with van der Waals surface area (Å²) in [6.07, 6.45) is 5.14. The molecule has 3 unspecified atom stereocenters. The Morgan fingerprint density at radius 3 is 2.50 bits per heavy atom. The molecule has 18 heavy (non-hydrogen) atoms. The van der Waals surface area contributed by atoms with Crippen LogP contribution in [0.3, 0.4) is 0 Å². The van der Waals surface area contributed by atoms with Gasteiger partial charge in [-0.05, 0) is 38.5 Å². The molecule has 0 radical (unpaired) electrons. The molecule has 2 fully saturated rings. The van der Waals surface area contributed by atoms with Crippen LogP contribution < -0.4 is 11.1 Å². The monoisotopic (exact) mass is 276 g/mol. The Bertz CT molecular complexity index is 270. The van der Waals surface area contributed by atoms with Gasteiger partial charge in [0.2, 0.25) is 5.91 Å². The molecule has 5 heteroatoms. The molecule has 1 saturated heterocycles. The minimum Gasteiger partial charge on any atom is -0.381 e. The lowest BCUT2D eigenvalue weighted by molar-refractivity contribution is -0.126. The first-order valence-electron chi connectivity index (χ1n) is 6.82. The Kier molecular flexibility index (Phi) is 6.39. The van der Waals surface area contributed by atoms with E-state index in [0.717, 1.165) is 45.3 Å². The van der Waals surface area contributed by atoms with Crippen LogP contribution in [0.4, 0.5) is 0 Å². The van der Waals surface area contributed by atoms with Gasteiger partial charge in [0, 0.05) is 25.3 Å². The maximum Gasteiger partial charge on any atom is 0.224 e. The summed E-state index contributed by atoms with van der Waals surface area (Å²) >= 11 is 0. The summed E-state index contributed by atoms with van der Waals surface area (Å²) < 4.78 is 5.34. The number of nitrogens with one attached hydrogen (secondary N) is 1. The molecule has 2 aliphatic rings. The number of ether oxygens (including phenoxy) is 1. The van der Waals surface area contributed by atoms with Gasteiger partial charge in [0.1, 0.15) is 0 Å². The van der Waals surface area contributed by atoms with E-state index in [-0.39, 0.29) is 36.3 Å². The largest absolute Gasteiger partial charge is 0.381 e. The third-order valence-corrected chi connectivity index (χ3v) is 4.25. The molecule has 0 bridgehead atoms. The second-order valence-corrected chi connectivity index (χ2v) is 5.45. The van der Waals surface area contributed by atoms with Gasteiger partial charge in [-0.3, -0.25) is 4.79 Å². The third kappa shape index (κ3) is 3.84. The molecule has 3 N–H and O–H groups in total. The van der Waals surface area contributed by atoms with Crippen molar-refractivity contribution in [2.75, 3.05) is 13.2 Å². The van der Waals surface area contributed by atoms with Crippen molar-refractivity contribution in [1.29, 1.82) is 0 Å². The van der Waals surface area contributed by atoms with Crippen LogP contribution in [0.25, 0.3) is 0 Å². The first kappa shape index (κ1) is 15.7. The third-order valence-electron chi connectivity index (χ3n) is 4.25. The Hall–Kier alpha value is -0.320. The summed E-state index contributed by atoms with van der Waals surface area (Å²) in [5.41, 5.74) is 5.95. The Morgan fingerprint density at radius 2 is 1.94 bits per heavy atom. The molecule has 1 aliphatic heterocycles. The Morgan fingerprint density at radius 1 is 1.28 bits per heavy atom. The number of carbonyl (C=O) groups is 1. The van der Waals surface area contributed by atoms with Gasteiger partial charge in [0.15, 0.2) is 0 Å². The molecule has 0 aromatic carbocycles. The van der Waals surface area contributed by atoms with Crippen molar-refractivity contribution >= 4 is 18.3 Å². The second-order valence-electron chi connectivity index (χ2n) is 5.45. The van der Waals surface area contributed by atoms with Crippen molar-refractivity contribution in [1.82, 2.24) is 5.32 Å². The highest BCUT2D eigenvalue weighted by atomic mass is 35.5. The molecule has 0 spiro atoms. The zero-order valence-corrected chi connectivity index (χ0v) is 11.9. The van der Waals surface area contributed by atoms with Crippen LogP contribution in [0.15, 0.2) is 0 Å². The topological polar surface area (TPSA) is 64.4 Å². The highest BCUT2D eigenvalue weighted by Gasteiger charge is 2.32. The van der Waals surface area contributed by atoms with Gasteiger partial charge in [-0.25, -0.2) is 0 Å². The molecule has 1 heterocycles. The molecule has 106 valence electrons. The predicted molar refractivity (Wildman–Crippen MR) is 73.7 cm³/mol. The van der Waals surface area contributed by atoms with Gasteiger partial charge in [-0.2, -0.15) is 0 Å².